The van der Waals surface area contributed by atoms with Crippen LogP contribution in [0.2, 0.25) is 0 Å². The average Bonchev–Trinajstić information content (AvgIpc) is 2.76. The van der Waals surface area contributed by atoms with Crippen LogP contribution in [0.5, 0.6) is 0 Å². The van der Waals surface area contributed by atoms with E-state index in [0.717, 1.165) is 19.3 Å². The van der Waals surface area contributed by atoms with Crippen LogP contribution in [0, 0.1) is 11.8 Å². The summed E-state index contributed by atoms with van der Waals surface area (Å²) in [6, 6.07) is 0. The third kappa shape index (κ3) is 4.18. The molecule has 4 heteroatoms. The number of carbonyl (C=O) groups excluding carboxylic acids is 1. The first-order valence-electron chi connectivity index (χ1n) is 7.48. The first kappa shape index (κ1) is 15.3. The van der Waals surface area contributed by atoms with Gasteiger partial charge in [-0.2, -0.15) is 0 Å². The Morgan fingerprint density at radius 2 is 2.05 bits per heavy atom. The Morgan fingerprint density at radius 1 is 1.25 bits per heavy atom. The van der Waals surface area contributed by atoms with Crippen LogP contribution >= 0.6 is 0 Å². The van der Waals surface area contributed by atoms with Crippen molar-refractivity contribution in [2.75, 3.05) is 0 Å². The van der Waals surface area contributed by atoms with Gasteiger partial charge in [-0.25, -0.2) is 4.79 Å². The van der Waals surface area contributed by atoms with Gasteiger partial charge in [0.2, 0.25) is 0 Å². The Bertz CT molecular complexity index is 388. The molecule has 2 rings (SSSR count). The quantitative estimate of drug-likeness (QED) is 0.526. The van der Waals surface area contributed by atoms with Gasteiger partial charge in [-0.3, -0.25) is 0 Å². The van der Waals surface area contributed by atoms with Crippen molar-refractivity contribution in [2.45, 2.75) is 57.3 Å². The van der Waals surface area contributed by atoms with Gasteiger partial charge in [-0.05, 0) is 56.9 Å². The minimum Gasteiger partial charge on any atom is -0.460 e. The van der Waals surface area contributed by atoms with Crippen molar-refractivity contribution in [3.05, 3.63) is 24.3 Å². The van der Waals surface area contributed by atoms with E-state index in [1.807, 2.05) is 6.92 Å². The third-order valence-electron chi connectivity index (χ3n) is 4.19. The fourth-order valence-corrected chi connectivity index (χ4v) is 3.10. The van der Waals surface area contributed by atoms with Crippen LogP contribution in [0.1, 0.15) is 39.0 Å². The van der Waals surface area contributed by atoms with Gasteiger partial charge in [-0.1, -0.05) is 12.2 Å². The van der Waals surface area contributed by atoms with Crippen LogP contribution in [0.25, 0.3) is 0 Å². The smallest absolute Gasteiger partial charge is 0.330 e. The van der Waals surface area contributed by atoms with Crippen LogP contribution < -0.4 is 0 Å². The zero-order valence-corrected chi connectivity index (χ0v) is 11.9. The molecule has 0 aromatic carbocycles. The van der Waals surface area contributed by atoms with Gasteiger partial charge in [0.15, 0.2) is 0 Å². The van der Waals surface area contributed by atoms with Crippen LogP contribution in [0.3, 0.4) is 0 Å². The van der Waals surface area contributed by atoms with E-state index in [0.29, 0.717) is 12.8 Å². The minimum absolute atomic E-state index is 0.0246. The molecule has 1 saturated carbocycles. The fourth-order valence-electron chi connectivity index (χ4n) is 3.10. The number of hydrogen-bond acceptors (Lipinski definition) is 4. The third-order valence-corrected chi connectivity index (χ3v) is 4.19. The summed E-state index contributed by atoms with van der Waals surface area (Å²) < 4.78 is 5.23. The molecular formula is C16H24O4. The van der Waals surface area contributed by atoms with Gasteiger partial charge >= 0.3 is 5.97 Å². The van der Waals surface area contributed by atoms with E-state index in [1.54, 1.807) is 0 Å². The zero-order valence-electron chi connectivity index (χ0n) is 11.9. The number of esters is 1. The fraction of sp³-hybridized carbons (Fsp3) is 0.688. The second kappa shape index (κ2) is 7.04. The summed E-state index contributed by atoms with van der Waals surface area (Å²) in [5.74, 6) is -0.249. The number of aliphatic hydroxyl groups excluding tert-OH is 2. The van der Waals surface area contributed by atoms with Crippen LogP contribution in [0.4, 0.5) is 0 Å². The first-order chi connectivity index (χ1) is 9.56. The Morgan fingerprint density at radius 3 is 2.85 bits per heavy atom. The standard InChI is InChI=1S/C16H24O4/c1-11-5-3-2-4-6-12-9-13(17)10-14(12)15(18)7-8-16(19)20-11/h4,6-8,11-15,17-18H,2-3,5,9-10H2,1H3/b6-4+,8-7+/t11-,12-,13-,14-,15?/m0/s1. The van der Waals surface area contributed by atoms with Gasteiger partial charge in [0.1, 0.15) is 0 Å². The van der Waals surface area contributed by atoms with Crippen LogP contribution in [-0.4, -0.2) is 34.5 Å². The zero-order chi connectivity index (χ0) is 14.5. The second-order valence-electron chi connectivity index (χ2n) is 5.91. The predicted octanol–water partition coefficient (Wildman–Crippen LogP) is 1.96. The van der Waals surface area contributed by atoms with Crippen LogP contribution in [-0.2, 0) is 9.53 Å². The maximum Gasteiger partial charge on any atom is 0.330 e. The lowest BCUT2D eigenvalue weighted by molar-refractivity contribution is -0.142. The van der Waals surface area contributed by atoms with Gasteiger partial charge < -0.3 is 14.9 Å². The van der Waals surface area contributed by atoms with Gasteiger partial charge in [-0.15, -0.1) is 0 Å². The molecular weight excluding hydrogens is 256 g/mol. The molecule has 1 aliphatic heterocycles. The number of rotatable bonds is 0. The normalized spacial score (nSPS) is 42.5. The highest BCUT2D eigenvalue weighted by Crippen LogP contribution is 2.36. The molecule has 0 amide bonds. The Balaban J connectivity index is 2.11. The Labute approximate surface area is 120 Å². The molecule has 1 aliphatic carbocycles. The van der Waals surface area contributed by atoms with Crippen molar-refractivity contribution >= 4 is 5.97 Å². The number of hydrogen-bond donors (Lipinski definition) is 2. The van der Waals surface area contributed by atoms with E-state index in [4.69, 9.17) is 4.74 Å². The lowest BCUT2D eigenvalue weighted by Crippen LogP contribution is -2.21. The molecule has 0 spiro atoms. The minimum atomic E-state index is -0.717. The molecule has 5 atom stereocenters. The van der Waals surface area contributed by atoms with E-state index in [-0.39, 0.29) is 24.0 Å². The maximum atomic E-state index is 11.6. The van der Waals surface area contributed by atoms with Crippen molar-refractivity contribution in [1.82, 2.24) is 0 Å². The number of allylic oxidation sites excluding steroid dienone is 2. The second-order valence-corrected chi connectivity index (χ2v) is 5.91. The molecule has 0 radical (unpaired) electrons. The van der Waals surface area contributed by atoms with E-state index in [1.165, 1.54) is 12.2 Å². The van der Waals surface area contributed by atoms with Gasteiger partial charge in [0, 0.05) is 6.08 Å². The van der Waals surface area contributed by atoms with Crippen molar-refractivity contribution < 1.29 is 19.7 Å². The highest BCUT2D eigenvalue weighted by Gasteiger charge is 2.35. The number of ether oxygens (including phenoxy) is 1. The van der Waals surface area contributed by atoms with Crippen molar-refractivity contribution in [3.63, 3.8) is 0 Å². The summed E-state index contributed by atoms with van der Waals surface area (Å²) in [7, 11) is 0. The molecule has 2 N–H and O–H groups in total. The molecule has 4 nitrogen and oxygen atoms in total. The molecule has 0 saturated heterocycles. The molecule has 0 aromatic rings. The Kier molecular flexibility index (Phi) is 5.38. The van der Waals surface area contributed by atoms with Crippen molar-refractivity contribution in [1.29, 1.82) is 0 Å². The van der Waals surface area contributed by atoms with E-state index in [2.05, 4.69) is 12.2 Å². The number of fused-ring (bicyclic) bond motifs is 1. The average molecular weight is 280 g/mol. The monoisotopic (exact) mass is 280 g/mol. The van der Waals surface area contributed by atoms with Crippen LogP contribution in [0.15, 0.2) is 24.3 Å². The molecule has 1 unspecified atom stereocenters. The lowest BCUT2D eigenvalue weighted by atomic mass is 9.90. The van der Waals surface area contributed by atoms with E-state index < -0.39 is 12.1 Å². The highest BCUT2D eigenvalue weighted by atomic mass is 16.5. The molecule has 0 aromatic heterocycles. The number of aliphatic hydroxyl groups is 2. The van der Waals surface area contributed by atoms with Crippen molar-refractivity contribution in [3.8, 4) is 0 Å². The highest BCUT2D eigenvalue weighted by molar-refractivity contribution is 5.82. The summed E-state index contributed by atoms with van der Waals surface area (Å²) >= 11 is 0. The molecule has 1 fully saturated rings. The molecule has 20 heavy (non-hydrogen) atoms. The molecule has 1 heterocycles. The SMILES string of the molecule is C[C@H]1CCC/C=C/[C@H]2C[C@H](O)C[C@@H]2C(O)/C=C/C(=O)O1. The predicted molar refractivity (Wildman–Crippen MR) is 75.9 cm³/mol. The Hall–Kier alpha value is -1.13. The summed E-state index contributed by atoms with van der Waals surface area (Å²) in [6.45, 7) is 1.89. The molecule has 2 aliphatic rings. The van der Waals surface area contributed by atoms with E-state index in [9.17, 15) is 15.0 Å². The van der Waals surface area contributed by atoms with Gasteiger partial charge in [0.25, 0.3) is 0 Å². The molecule has 0 bridgehead atoms. The summed E-state index contributed by atoms with van der Waals surface area (Å²) in [5, 5.41) is 20.0. The summed E-state index contributed by atoms with van der Waals surface area (Å²) in [4.78, 5) is 11.6. The van der Waals surface area contributed by atoms with Crippen molar-refractivity contribution in [2.24, 2.45) is 11.8 Å². The number of carbonyl (C=O) groups is 1. The largest absolute Gasteiger partial charge is 0.460 e. The summed E-state index contributed by atoms with van der Waals surface area (Å²) in [6.07, 6.45) is 9.87. The molecule has 112 valence electrons. The topological polar surface area (TPSA) is 66.8 Å². The maximum absolute atomic E-state index is 11.6. The first-order valence-corrected chi connectivity index (χ1v) is 7.48. The van der Waals surface area contributed by atoms with E-state index >= 15 is 0 Å². The lowest BCUT2D eigenvalue weighted by Gasteiger charge is -2.19. The summed E-state index contributed by atoms with van der Waals surface area (Å²) in [5.41, 5.74) is 0. The van der Waals surface area contributed by atoms with Gasteiger partial charge in [0.05, 0.1) is 18.3 Å². The number of cyclic esters (lactones) is 1.